The number of nitrogens with two attached hydrogens (primary N) is 1. The fourth-order valence-corrected chi connectivity index (χ4v) is 2.99. The van der Waals surface area contributed by atoms with E-state index < -0.39 is 5.60 Å². The van der Waals surface area contributed by atoms with E-state index in [1.807, 2.05) is 20.8 Å². The monoisotopic (exact) mass is 270 g/mol. The number of carbonyl (C=O) groups excluding carboxylic acids is 1. The second-order valence-corrected chi connectivity index (χ2v) is 6.88. The van der Waals surface area contributed by atoms with E-state index in [-0.39, 0.29) is 23.8 Å². The number of ether oxygens (including phenoxy) is 2. The molecule has 1 saturated carbocycles. The molecule has 1 atom stereocenters. The maximum absolute atomic E-state index is 11.7. The van der Waals surface area contributed by atoms with Gasteiger partial charge in [-0.2, -0.15) is 0 Å². The number of amides is 1. The molecular formula is C14H26N2O3. The second-order valence-electron chi connectivity index (χ2n) is 6.88. The number of hydrogen-bond acceptors (Lipinski definition) is 4. The van der Waals surface area contributed by atoms with Crippen LogP contribution in [0.5, 0.6) is 0 Å². The highest BCUT2D eigenvalue weighted by Gasteiger charge is 2.42. The lowest BCUT2D eigenvalue weighted by Gasteiger charge is -2.36. The van der Waals surface area contributed by atoms with Gasteiger partial charge >= 0.3 is 6.09 Å². The molecule has 1 heterocycles. The third kappa shape index (κ3) is 4.08. The van der Waals surface area contributed by atoms with Gasteiger partial charge in [0.15, 0.2) is 0 Å². The van der Waals surface area contributed by atoms with Crippen LogP contribution in [0.15, 0.2) is 0 Å². The van der Waals surface area contributed by atoms with Gasteiger partial charge in [-0.1, -0.05) is 0 Å². The van der Waals surface area contributed by atoms with E-state index in [2.05, 4.69) is 5.32 Å². The molecule has 1 spiro atoms. The summed E-state index contributed by atoms with van der Waals surface area (Å²) in [5, 5.41) is 2.95. The van der Waals surface area contributed by atoms with Crippen LogP contribution in [0.1, 0.15) is 52.9 Å². The van der Waals surface area contributed by atoms with Gasteiger partial charge in [0, 0.05) is 12.1 Å². The molecule has 0 radical (unpaired) electrons. The predicted molar refractivity (Wildman–Crippen MR) is 72.9 cm³/mol. The molecule has 2 fully saturated rings. The standard InChI is InChI=1S/C14H26N2O3/c1-13(2,3)19-12(17)16-11-4-6-14(7-5-11)8-10(15)9-18-14/h10-11H,4-9,15H2,1-3H3,(H,16,17). The number of alkyl carbamates (subject to hydrolysis) is 1. The van der Waals surface area contributed by atoms with Crippen LogP contribution in [0.3, 0.4) is 0 Å². The van der Waals surface area contributed by atoms with Crippen LogP contribution in [0, 0.1) is 0 Å². The van der Waals surface area contributed by atoms with Crippen molar-refractivity contribution in [2.75, 3.05) is 6.61 Å². The van der Waals surface area contributed by atoms with E-state index in [1.165, 1.54) is 0 Å². The third-order valence-electron chi connectivity index (χ3n) is 3.86. The smallest absolute Gasteiger partial charge is 0.407 e. The second kappa shape index (κ2) is 5.29. The molecule has 2 aliphatic rings. The minimum Gasteiger partial charge on any atom is -0.444 e. The molecule has 1 unspecified atom stereocenters. The molecule has 1 saturated heterocycles. The van der Waals surface area contributed by atoms with Crippen molar-refractivity contribution in [3.63, 3.8) is 0 Å². The van der Waals surface area contributed by atoms with Gasteiger partial charge in [-0.05, 0) is 52.9 Å². The van der Waals surface area contributed by atoms with Crippen molar-refractivity contribution in [3.8, 4) is 0 Å². The van der Waals surface area contributed by atoms with E-state index in [0.29, 0.717) is 6.61 Å². The average Bonchev–Trinajstić information content (AvgIpc) is 2.61. The fraction of sp³-hybridized carbons (Fsp3) is 0.929. The van der Waals surface area contributed by atoms with Gasteiger partial charge in [0.1, 0.15) is 5.60 Å². The zero-order valence-electron chi connectivity index (χ0n) is 12.2. The van der Waals surface area contributed by atoms with Crippen LogP contribution in [0.25, 0.3) is 0 Å². The Kier molecular flexibility index (Phi) is 4.06. The molecule has 1 aliphatic heterocycles. The lowest BCUT2D eigenvalue weighted by Crippen LogP contribution is -2.45. The van der Waals surface area contributed by atoms with E-state index >= 15 is 0 Å². The Balaban J connectivity index is 1.76. The normalized spacial score (nSPS) is 35.4. The molecule has 0 aromatic carbocycles. The maximum atomic E-state index is 11.7. The van der Waals surface area contributed by atoms with Crippen molar-refractivity contribution in [3.05, 3.63) is 0 Å². The molecule has 3 N–H and O–H groups in total. The molecule has 19 heavy (non-hydrogen) atoms. The minimum atomic E-state index is -0.443. The topological polar surface area (TPSA) is 73.6 Å². The highest BCUT2D eigenvalue weighted by atomic mass is 16.6. The molecular weight excluding hydrogens is 244 g/mol. The van der Waals surface area contributed by atoms with Gasteiger partial charge < -0.3 is 20.5 Å². The summed E-state index contributed by atoms with van der Waals surface area (Å²) in [4.78, 5) is 11.7. The van der Waals surface area contributed by atoms with Crippen LogP contribution in [-0.4, -0.2) is 36.0 Å². The Bertz CT molecular complexity index is 330. The van der Waals surface area contributed by atoms with Crippen molar-refractivity contribution in [2.45, 2.75) is 76.2 Å². The summed E-state index contributed by atoms with van der Waals surface area (Å²) < 4.78 is 11.1. The molecule has 1 aliphatic carbocycles. The first-order chi connectivity index (χ1) is 8.78. The van der Waals surface area contributed by atoms with Gasteiger partial charge in [0.05, 0.1) is 12.2 Å². The maximum Gasteiger partial charge on any atom is 0.407 e. The number of nitrogens with one attached hydrogen (secondary N) is 1. The molecule has 110 valence electrons. The summed E-state index contributed by atoms with van der Waals surface area (Å²) in [7, 11) is 0. The Hall–Kier alpha value is -0.810. The molecule has 5 heteroatoms. The molecule has 0 aromatic rings. The number of carbonyl (C=O) groups is 1. The van der Waals surface area contributed by atoms with Gasteiger partial charge in [-0.3, -0.25) is 0 Å². The highest BCUT2D eigenvalue weighted by molar-refractivity contribution is 5.68. The van der Waals surface area contributed by atoms with Crippen LogP contribution in [-0.2, 0) is 9.47 Å². The molecule has 0 bridgehead atoms. The lowest BCUT2D eigenvalue weighted by atomic mass is 9.80. The average molecular weight is 270 g/mol. The number of rotatable bonds is 1. The third-order valence-corrected chi connectivity index (χ3v) is 3.86. The van der Waals surface area contributed by atoms with E-state index in [9.17, 15) is 4.79 Å². The SMILES string of the molecule is CC(C)(C)OC(=O)NC1CCC2(CC1)CC(N)CO2. The largest absolute Gasteiger partial charge is 0.444 e. The van der Waals surface area contributed by atoms with Gasteiger partial charge in [-0.25, -0.2) is 4.79 Å². The first kappa shape index (κ1) is 14.6. The van der Waals surface area contributed by atoms with Crippen molar-refractivity contribution >= 4 is 6.09 Å². The zero-order valence-corrected chi connectivity index (χ0v) is 12.2. The Labute approximate surface area is 115 Å². The summed E-state index contributed by atoms with van der Waals surface area (Å²) in [6.07, 6.45) is 4.45. The van der Waals surface area contributed by atoms with Crippen molar-refractivity contribution in [1.29, 1.82) is 0 Å². The Morgan fingerprint density at radius 1 is 1.37 bits per heavy atom. The van der Waals surface area contributed by atoms with Crippen LogP contribution in [0.4, 0.5) is 4.79 Å². The summed E-state index contributed by atoms with van der Waals surface area (Å²) >= 11 is 0. The lowest BCUT2D eigenvalue weighted by molar-refractivity contribution is -0.0312. The van der Waals surface area contributed by atoms with Gasteiger partial charge in [0.2, 0.25) is 0 Å². The van der Waals surface area contributed by atoms with Crippen LogP contribution >= 0.6 is 0 Å². The summed E-state index contributed by atoms with van der Waals surface area (Å²) in [6.45, 7) is 6.28. The summed E-state index contributed by atoms with van der Waals surface area (Å²) in [5.41, 5.74) is 5.44. The van der Waals surface area contributed by atoms with E-state index in [4.69, 9.17) is 15.2 Å². The minimum absolute atomic E-state index is 0.0223. The zero-order chi connectivity index (χ0) is 14.1. The van der Waals surface area contributed by atoms with E-state index in [0.717, 1.165) is 32.1 Å². The van der Waals surface area contributed by atoms with Gasteiger partial charge in [-0.15, -0.1) is 0 Å². The molecule has 0 aromatic heterocycles. The van der Waals surface area contributed by atoms with Crippen molar-refractivity contribution in [2.24, 2.45) is 5.73 Å². The molecule has 2 rings (SSSR count). The predicted octanol–water partition coefficient (Wildman–Crippen LogP) is 1.94. The summed E-state index contributed by atoms with van der Waals surface area (Å²) in [5.74, 6) is 0. The Morgan fingerprint density at radius 2 is 2.00 bits per heavy atom. The van der Waals surface area contributed by atoms with Crippen LogP contribution in [0.2, 0.25) is 0 Å². The van der Waals surface area contributed by atoms with E-state index in [1.54, 1.807) is 0 Å². The van der Waals surface area contributed by atoms with Crippen LogP contribution < -0.4 is 11.1 Å². The first-order valence-corrected chi connectivity index (χ1v) is 7.17. The quantitative estimate of drug-likeness (QED) is 0.763. The van der Waals surface area contributed by atoms with Gasteiger partial charge in [0.25, 0.3) is 0 Å². The van der Waals surface area contributed by atoms with Crippen molar-refractivity contribution < 1.29 is 14.3 Å². The Morgan fingerprint density at radius 3 is 2.47 bits per heavy atom. The summed E-state index contributed by atoms with van der Waals surface area (Å²) in [6, 6.07) is 0.372. The number of hydrogen-bond donors (Lipinski definition) is 2. The highest BCUT2D eigenvalue weighted by Crippen LogP contribution is 2.39. The fourth-order valence-electron chi connectivity index (χ4n) is 2.99. The molecule has 5 nitrogen and oxygen atoms in total. The first-order valence-electron chi connectivity index (χ1n) is 7.17. The molecule has 1 amide bonds. The van der Waals surface area contributed by atoms with Crippen molar-refractivity contribution in [1.82, 2.24) is 5.32 Å².